The van der Waals surface area contributed by atoms with Crippen LogP contribution in [0.1, 0.15) is 25.7 Å². The van der Waals surface area contributed by atoms with E-state index in [0.717, 1.165) is 0 Å². The highest BCUT2D eigenvalue weighted by molar-refractivity contribution is 5.84. The van der Waals surface area contributed by atoms with E-state index >= 15 is 0 Å². The number of carbonyl (C=O) groups excluding carboxylic acids is 2. The smallest absolute Gasteiger partial charge is 0.306 e. The fraction of sp³-hybridized carbons (Fsp3) is 0.714. The van der Waals surface area contributed by atoms with Gasteiger partial charge in [0.2, 0.25) is 11.8 Å². The zero-order valence-electron chi connectivity index (χ0n) is 12.7. The second-order valence-corrected chi connectivity index (χ2v) is 6.36. The fourth-order valence-corrected chi connectivity index (χ4v) is 4.48. The standard InChI is InChI=1S/C14H20N2O8/c17-11(15-23)5-1-3-7(13(19)20)10-8(14(21)22)4-2-6(9(5)10)12(18)16-24/h5-10,23-24H,1-4H2,(H,15,17)(H,16,18)(H,19,20)(H,21,22). The molecule has 0 saturated heterocycles. The number of carboxylic acid groups (broad SMARTS) is 2. The number of carboxylic acids is 2. The van der Waals surface area contributed by atoms with E-state index in [1.165, 1.54) is 11.0 Å². The third kappa shape index (κ3) is 3.06. The van der Waals surface area contributed by atoms with Crippen molar-refractivity contribution in [2.45, 2.75) is 25.7 Å². The Bertz CT molecular complexity index is 505. The summed E-state index contributed by atoms with van der Waals surface area (Å²) in [6.45, 7) is 0. The highest BCUT2D eigenvalue weighted by Gasteiger charge is 2.56. The average Bonchev–Trinajstić information content (AvgIpc) is 2.57. The molecule has 0 aromatic heterocycles. The van der Waals surface area contributed by atoms with Gasteiger partial charge in [-0.1, -0.05) is 0 Å². The molecule has 2 saturated carbocycles. The minimum Gasteiger partial charge on any atom is -0.481 e. The number of rotatable bonds is 4. The number of nitrogens with one attached hydrogen (secondary N) is 2. The molecule has 4 unspecified atom stereocenters. The van der Waals surface area contributed by atoms with Crippen molar-refractivity contribution < 1.29 is 39.8 Å². The van der Waals surface area contributed by atoms with Gasteiger partial charge < -0.3 is 10.2 Å². The van der Waals surface area contributed by atoms with Crippen molar-refractivity contribution in [1.29, 1.82) is 0 Å². The minimum atomic E-state index is -1.18. The first-order valence-electron chi connectivity index (χ1n) is 7.67. The lowest BCUT2D eigenvalue weighted by atomic mass is 9.53. The molecule has 4 atom stereocenters. The van der Waals surface area contributed by atoms with Gasteiger partial charge in [0.1, 0.15) is 0 Å². The third-order valence-corrected chi connectivity index (χ3v) is 5.41. The summed E-state index contributed by atoms with van der Waals surface area (Å²) in [6, 6.07) is 0. The first kappa shape index (κ1) is 18.1. The molecule has 0 aliphatic heterocycles. The van der Waals surface area contributed by atoms with Crippen LogP contribution in [-0.2, 0) is 19.2 Å². The number of fused-ring (bicyclic) bond motifs is 1. The Morgan fingerprint density at radius 3 is 1.21 bits per heavy atom. The van der Waals surface area contributed by atoms with Crippen LogP contribution in [-0.4, -0.2) is 44.4 Å². The molecule has 0 aromatic carbocycles. The van der Waals surface area contributed by atoms with E-state index in [2.05, 4.69) is 0 Å². The molecule has 0 bridgehead atoms. The number of aliphatic carboxylic acids is 2. The van der Waals surface area contributed by atoms with Crippen LogP contribution in [0.3, 0.4) is 0 Å². The molecule has 2 fully saturated rings. The molecule has 2 amide bonds. The highest BCUT2D eigenvalue weighted by Crippen LogP contribution is 2.52. The molecule has 2 rings (SSSR count). The Hall–Kier alpha value is -2.20. The topological polar surface area (TPSA) is 173 Å². The van der Waals surface area contributed by atoms with Gasteiger partial charge in [-0.25, -0.2) is 11.0 Å². The quantitative estimate of drug-likeness (QED) is 0.291. The molecule has 0 spiro atoms. The molecule has 0 radical (unpaired) electrons. The predicted octanol–water partition coefficient (Wildman–Crippen LogP) is -0.549. The van der Waals surface area contributed by atoms with Crippen molar-refractivity contribution in [3.63, 3.8) is 0 Å². The maximum Gasteiger partial charge on any atom is 0.306 e. The van der Waals surface area contributed by atoms with Gasteiger partial charge in [0.15, 0.2) is 0 Å². The minimum absolute atomic E-state index is 0.0752. The molecule has 2 aliphatic rings. The number of carbonyl (C=O) groups is 4. The normalized spacial score (nSPS) is 35.4. The third-order valence-electron chi connectivity index (χ3n) is 5.41. The summed E-state index contributed by atoms with van der Waals surface area (Å²) in [7, 11) is 0. The van der Waals surface area contributed by atoms with Gasteiger partial charge in [-0.05, 0) is 37.5 Å². The molecule has 134 valence electrons. The number of hydroxylamine groups is 2. The summed E-state index contributed by atoms with van der Waals surface area (Å²) in [5.41, 5.74) is 3.01. The van der Waals surface area contributed by atoms with E-state index in [1.807, 2.05) is 0 Å². The summed E-state index contributed by atoms with van der Waals surface area (Å²) in [4.78, 5) is 47.1. The van der Waals surface area contributed by atoms with E-state index < -0.39 is 59.3 Å². The van der Waals surface area contributed by atoms with E-state index in [0.29, 0.717) is 0 Å². The van der Waals surface area contributed by atoms with Crippen molar-refractivity contribution in [3.05, 3.63) is 0 Å². The largest absolute Gasteiger partial charge is 0.481 e. The van der Waals surface area contributed by atoms with Gasteiger partial charge >= 0.3 is 11.9 Å². The van der Waals surface area contributed by atoms with Crippen LogP contribution in [0.4, 0.5) is 0 Å². The lowest BCUT2D eigenvalue weighted by Gasteiger charge is -2.49. The van der Waals surface area contributed by atoms with Crippen molar-refractivity contribution in [3.8, 4) is 0 Å². The van der Waals surface area contributed by atoms with Crippen LogP contribution in [0.25, 0.3) is 0 Å². The number of hydrogen-bond donors (Lipinski definition) is 6. The highest BCUT2D eigenvalue weighted by atomic mass is 16.5. The first-order valence-corrected chi connectivity index (χ1v) is 7.67. The van der Waals surface area contributed by atoms with Crippen LogP contribution < -0.4 is 11.0 Å². The van der Waals surface area contributed by atoms with Crippen molar-refractivity contribution in [2.75, 3.05) is 0 Å². The Balaban J connectivity index is 2.49. The second-order valence-electron chi connectivity index (χ2n) is 6.36. The number of hydrogen-bond acceptors (Lipinski definition) is 6. The van der Waals surface area contributed by atoms with Gasteiger partial charge in [0, 0.05) is 11.8 Å². The van der Waals surface area contributed by atoms with E-state index in [1.54, 1.807) is 0 Å². The van der Waals surface area contributed by atoms with Crippen molar-refractivity contribution >= 4 is 23.8 Å². The van der Waals surface area contributed by atoms with Gasteiger partial charge in [-0.2, -0.15) is 0 Å². The zero-order chi connectivity index (χ0) is 18.0. The summed E-state index contributed by atoms with van der Waals surface area (Å²) in [5.74, 6) is -9.57. The van der Waals surface area contributed by atoms with Gasteiger partial charge in [-0.3, -0.25) is 29.6 Å². The molecule has 6 N–H and O–H groups in total. The molecule has 0 aromatic rings. The fourth-order valence-electron chi connectivity index (χ4n) is 4.48. The molecule has 2 aliphatic carbocycles. The Labute approximate surface area is 136 Å². The monoisotopic (exact) mass is 344 g/mol. The van der Waals surface area contributed by atoms with Crippen LogP contribution in [0.2, 0.25) is 0 Å². The summed E-state index contributed by atoms with van der Waals surface area (Å²) >= 11 is 0. The Morgan fingerprint density at radius 1 is 0.625 bits per heavy atom. The maximum atomic E-state index is 12.0. The predicted molar refractivity (Wildman–Crippen MR) is 74.5 cm³/mol. The Morgan fingerprint density at radius 2 is 0.917 bits per heavy atom. The Kier molecular flexibility index (Phi) is 5.40. The average molecular weight is 344 g/mol. The number of amides is 2. The summed E-state index contributed by atoms with van der Waals surface area (Å²) < 4.78 is 0. The van der Waals surface area contributed by atoms with E-state index in [-0.39, 0.29) is 25.7 Å². The van der Waals surface area contributed by atoms with Crippen LogP contribution >= 0.6 is 0 Å². The van der Waals surface area contributed by atoms with Gasteiger partial charge in [0.25, 0.3) is 0 Å². The maximum absolute atomic E-state index is 12.0. The van der Waals surface area contributed by atoms with Crippen molar-refractivity contribution in [1.82, 2.24) is 11.0 Å². The molecule has 24 heavy (non-hydrogen) atoms. The molecule has 0 heterocycles. The molecule has 10 nitrogen and oxygen atoms in total. The first-order chi connectivity index (χ1) is 11.3. The molecule has 10 heteroatoms. The lowest BCUT2D eigenvalue weighted by Crippen LogP contribution is -2.55. The van der Waals surface area contributed by atoms with Crippen LogP contribution in [0.5, 0.6) is 0 Å². The van der Waals surface area contributed by atoms with E-state index in [4.69, 9.17) is 10.4 Å². The van der Waals surface area contributed by atoms with E-state index in [9.17, 15) is 29.4 Å². The van der Waals surface area contributed by atoms with Gasteiger partial charge in [0.05, 0.1) is 11.8 Å². The van der Waals surface area contributed by atoms with Gasteiger partial charge in [-0.15, -0.1) is 0 Å². The second kappa shape index (κ2) is 7.14. The lowest BCUT2D eigenvalue weighted by molar-refractivity contribution is -0.169. The molecular weight excluding hydrogens is 324 g/mol. The molecular formula is C14H20N2O8. The van der Waals surface area contributed by atoms with Crippen molar-refractivity contribution in [2.24, 2.45) is 35.5 Å². The zero-order valence-corrected chi connectivity index (χ0v) is 12.7. The van der Waals surface area contributed by atoms with Crippen LogP contribution in [0, 0.1) is 35.5 Å². The SMILES string of the molecule is O=C(O)C1CCC(C(=O)NO)C2C(C(=O)NO)CCC(C(=O)O)C12. The van der Waals surface area contributed by atoms with Crippen LogP contribution in [0.15, 0.2) is 0 Å². The summed E-state index contributed by atoms with van der Waals surface area (Å²) in [6.07, 6.45) is 0.357. The summed E-state index contributed by atoms with van der Waals surface area (Å²) in [5, 5.41) is 36.8.